The van der Waals surface area contributed by atoms with E-state index in [0.717, 1.165) is 18.2 Å². The molecule has 0 aliphatic rings. The number of nitrogens with one attached hydrogen (secondary N) is 2. The van der Waals surface area contributed by atoms with Crippen molar-refractivity contribution in [3.63, 3.8) is 0 Å². The molecule has 21 heavy (non-hydrogen) atoms. The molecule has 0 saturated heterocycles. The first-order chi connectivity index (χ1) is 10.1. The van der Waals surface area contributed by atoms with Gasteiger partial charge in [-0.2, -0.15) is 0 Å². The van der Waals surface area contributed by atoms with Gasteiger partial charge in [0.05, 0.1) is 5.56 Å². The Balaban J connectivity index is 2.10. The molecule has 2 aromatic rings. The van der Waals surface area contributed by atoms with Crippen molar-refractivity contribution in [2.75, 3.05) is 11.9 Å². The standard InChI is InChI=1S/C16H16F2N2O/c1-2-19-15-6-4-3-5-13(15)16(21)20-10-11-9-12(17)7-8-14(11)18/h3-9,19H,2,10H2,1H3,(H,20,21). The second-order valence-corrected chi connectivity index (χ2v) is 4.49. The van der Waals surface area contributed by atoms with Gasteiger partial charge in [0.1, 0.15) is 11.6 Å². The van der Waals surface area contributed by atoms with Crippen molar-refractivity contribution in [2.24, 2.45) is 0 Å². The van der Waals surface area contributed by atoms with Crippen LogP contribution in [-0.2, 0) is 6.54 Å². The summed E-state index contributed by atoms with van der Waals surface area (Å²) in [5, 5.41) is 5.68. The van der Waals surface area contributed by atoms with Crippen molar-refractivity contribution >= 4 is 11.6 Å². The van der Waals surface area contributed by atoms with Crippen molar-refractivity contribution in [1.82, 2.24) is 5.32 Å². The zero-order chi connectivity index (χ0) is 15.2. The number of rotatable bonds is 5. The van der Waals surface area contributed by atoms with Crippen molar-refractivity contribution in [1.29, 1.82) is 0 Å². The quantitative estimate of drug-likeness (QED) is 0.887. The number of para-hydroxylation sites is 1. The first kappa shape index (κ1) is 15.0. The first-order valence-electron chi connectivity index (χ1n) is 6.67. The predicted octanol–water partition coefficient (Wildman–Crippen LogP) is 3.33. The second-order valence-electron chi connectivity index (χ2n) is 4.49. The van der Waals surface area contributed by atoms with Crippen LogP contribution in [0.25, 0.3) is 0 Å². The van der Waals surface area contributed by atoms with Gasteiger partial charge in [0, 0.05) is 24.3 Å². The molecule has 0 bridgehead atoms. The van der Waals surface area contributed by atoms with Crippen LogP contribution in [0.15, 0.2) is 42.5 Å². The Bertz CT molecular complexity index is 644. The highest BCUT2D eigenvalue weighted by molar-refractivity contribution is 5.99. The van der Waals surface area contributed by atoms with Crippen molar-refractivity contribution in [2.45, 2.75) is 13.5 Å². The van der Waals surface area contributed by atoms with Crippen LogP contribution in [0.4, 0.5) is 14.5 Å². The number of amides is 1. The molecule has 0 spiro atoms. The molecule has 0 unspecified atom stereocenters. The van der Waals surface area contributed by atoms with E-state index in [0.29, 0.717) is 17.8 Å². The van der Waals surface area contributed by atoms with Crippen molar-refractivity contribution < 1.29 is 13.6 Å². The van der Waals surface area contributed by atoms with Crippen LogP contribution in [-0.4, -0.2) is 12.5 Å². The Morgan fingerprint density at radius 3 is 2.67 bits per heavy atom. The van der Waals surface area contributed by atoms with Crippen LogP contribution in [0.3, 0.4) is 0 Å². The van der Waals surface area contributed by atoms with E-state index in [-0.39, 0.29) is 18.0 Å². The normalized spacial score (nSPS) is 10.2. The van der Waals surface area contributed by atoms with E-state index in [2.05, 4.69) is 10.6 Å². The molecule has 3 nitrogen and oxygen atoms in total. The SMILES string of the molecule is CCNc1ccccc1C(=O)NCc1cc(F)ccc1F. The zero-order valence-electron chi connectivity index (χ0n) is 11.6. The molecule has 0 radical (unpaired) electrons. The molecular formula is C16H16F2N2O. The van der Waals surface area contributed by atoms with E-state index in [1.54, 1.807) is 18.2 Å². The molecular weight excluding hydrogens is 274 g/mol. The van der Waals surface area contributed by atoms with Gasteiger partial charge in [-0.1, -0.05) is 12.1 Å². The van der Waals surface area contributed by atoms with Crippen LogP contribution in [0, 0.1) is 11.6 Å². The fourth-order valence-corrected chi connectivity index (χ4v) is 1.98. The highest BCUT2D eigenvalue weighted by atomic mass is 19.1. The second kappa shape index (κ2) is 6.83. The van der Waals surface area contributed by atoms with Gasteiger partial charge in [0.25, 0.3) is 5.91 Å². The van der Waals surface area contributed by atoms with Gasteiger partial charge < -0.3 is 10.6 Å². The predicted molar refractivity (Wildman–Crippen MR) is 78.1 cm³/mol. The maximum absolute atomic E-state index is 13.5. The summed E-state index contributed by atoms with van der Waals surface area (Å²) in [5.74, 6) is -1.42. The Labute approximate surface area is 122 Å². The summed E-state index contributed by atoms with van der Waals surface area (Å²) in [6, 6.07) is 10.2. The molecule has 0 atom stereocenters. The average Bonchev–Trinajstić information content (AvgIpc) is 2.49. The lowest BCUT2D eigenvalue weighted by Gasteiger charge is -2.11. The summed E-state index contributed by atoms with van der Waals surface area (Å²) in [6.07, 6.45) is 0. The number of hydrogen-bond acceptors (Lipinski definition) is 2. The number of hydrogen-bond donors (Lipinski definition) is 2. The fraction of sp³-hybridized carbons (Fsp3) is 0.188. The van der Waals surface area contributed by atoms with Gasteiger partial charge in [-0.15, -0.1) is 0 Å². The van der Waals surface area contributed by atoms with E-state index in [1.807, 2.05) is 13.0 Å². The molecule has 0 heterocycles. The van der Waals surface area contributed by atoms with E-state index in [4.69, 9.17) is 0 Å². The van der Waals surface area contributed by atoms with E-state index < -0.39 is 11.6 Å². The molecule has 1 amide bonds. The maximum Gasteiger partial charge on any atom is 0.253 e. The first-order valence-corrected chi connectivity index (χ1v) is 6.67. The summed E-state index contributed by atoms with van der Waals surface area (Å²) < 4.78 is 26.6. The summed E-state index contributed by atoms with van der Waals surface area (Å²) in [5.41, 5.74) is 1.29. The summed E-state index contributed by atoms with van der Waals surface area (Å²) in [4.78, 5) is 12.1. The van der Waals surface area contributed by atoms with Crippen LogP contribution >= 0.6 is 0 Å². The van der Waals surface area contributed by atoms with E-state index in [1.165, 1.54) is 0 Å². The smallest absolute Gasteiger partial charge is 0.253 e. The summed E-state index contributed by atoms with van der Waals surface area (Å²) in [6.45, 7) is 2.54. The van der Waals surface area contributed by atoms with Gasteiger partial charge in [-0.25, -0.2) is 8.78 Å². The lowest BCUT2D eigenvalue weighted by atomic mass is 10.1. The molecule has 0 saturated carbocycles. The molecule has 2 aromatic carbocycles. The van der Waals surface area contributed by atoms with E-state index in [9.17, 15) is 13.6 Å². The Hall–Kier alpha value is -2.43. The van der Waals surface area contributed by atoms with Crippen LogP contribution in [0.5, 0.6) is 0 Å². The number of carbonyl (C=O) groups excluding carboxylic acids is 1. The number of halogens is 2. The Kier molecular flexibility index (Phi) is 4.87. The molecule has 2 N–H and O–H groups in total. The highest BCUT2D eigenvalue weighted by Crippen LogP contribution is 2.15. The Morgan fingerprint density at radius 2 is 1.90 bits per heavy atom. The third-order valence-corrected chi connectivity index (χ3v) is 2.99. The Morgan fingerprint density at radius 1 is 1.14 bits per heavy atom. The van der Waals surface area contributed by atoms with Crippen LogP contribution in [0.1, 0.15) is 22.8 Å². The fourth-order valence-electron chi connectivity index (χ4n) is 1.98. The molecule has 5 heteroatoms. The maximum atomic E-state index is 13.5. The lowest BCUT2D eigenvalue weighted by molar-refractivity contribution is 0.0951. The monoisotopic (exact) mass is 290 g/mol. The molecule has 0 aliphatic heterocycles. The van der Waals surface area contributed by atoms with E-state index >= 15 is 0 Å². The zero-order valence-corrected chi connectivity index (χ0v) is 11.6. The van der Waals surface area contributed by atoms with Crippen LogP contribution < -0.4 is 10.6 Å². The molecule has 0 fully saturated rings. The minimum Gasteiger partial charge on any atom is -0.385 e. The third kappa shape index (κ3) is 3.78. The van der Waals surface area contributed by atoms with Gasteiger partial charge in [0.15, 0.2) is 0 Å². The molecule has 0 aromatic heterocycles. The minimum atomic E-state index is -0.545. The number of carbonyl (C=O) groups is 1. The largest absolute Gasteiger partial charge is 0.385 e. The average molecular weight is 290 g/mol. The van der Waals surface area contributed by atoms with Gasteiger partial charge in [-0.05, 0) is 37.3 Å². The molecule has 0 aliphatic carbocycles. The number of anilines is 1. The highest BCUT2D eigenvalue weighted by Gasteiger charge is 2.11. The minimum absolute atomic E-state index is 0.0666. The lowest BCUT2D eigenvalue weighted by Crippen LogP contribution is -2.24. The number of benzene rings is 2. The van der Waals surface area contributed by atoms with Gasteiger partial charge in [0.2, 0.25) is 0 Å². The van der Waals surface area contributed by atoms with Crippen molar-refractivity contribution in [3.05, 3.63) is 65.2 Å². The summed E-state index contributed by atoms with van der Waals surface area (Å²) in [7, 11) is 0. The topological polar surface area (TPSA) is 41.1 Å². The van der Waals surface area contributed by atoms with Gasteiger partial charge in [-0.3, -0.25) is 4.79 Å². The van der Waals surface area contributed by atoms with Crippen molar-refractivity contribution in [3.8, 4) is 0 Å². The summed E-state index contributed by atoms with van der Waals surface area (Å²) >= 11 is 0. The molecule has 2 rings (SSSR count). The van der Waals surface area contributed by atoms with Gasteiger partial charge >= 0.3 is 0 Å². The molecule has 110 valence electrons. The third-order valence-electron chi connectivity index (χ3n) is 2.99. The van der Waals surface area contributed by atoms with Crippen LogP contribution in [0.2, 0.25) is 0 Å².